The average molecular weight is 362 g/mol. The summed E-state index contributed by atoms with van der Waals surface area (Å²) in [5.74, 6) is -1.11. The molecule has 7 nitrogen and oxygen atoms in total. The van der Waals surface area contributed by atoms with E-state index in [1.54, 1.807) is 11.0 Å². The molecule has 0 unspecified atom stereocenters. The van der Waals surface area contributed by atoms with E-state index in [1.165, 1.54) is 11.3 Å². The molecule has 25 heavy (non-hydrogen) atoms. The Hall–Kier alpha value is -2.19. The second kappa shape index (κ2) is 6.61. The van der Waals surface area contributed by atoms with E-state index in [4.69, 9.17) is 9.26 Å². The van der Waals surface area contributed by atoms with Crippen molar-refractivity contribution in [3.63, 3.8) is 0 Å². The largest absolute Gasteiger partial charge is 0.481 e. The van der Waals surface area contributed by atoms with Gasteiger partial charge in [-0.15, -0.1) is 11.3 Å². The maximum atomic E-state index is 13.0. The molecule has 8 heteroatoms. The van der Waals surface area contributed by atoms with Crippen molar-refractivity contribution in [2.75, 3.05) is 19.8 Å². The summed E-state index contributed by atoms with van der Waals surface area (Å²) in [6.45, 7) is 1.29. The second-order valence-electron chi connectivity index (χ2n) is 6.47. The number of aliphatic carboxylic acids is 1. The first-order valence-electron chi connectivity index (χ1n) is 8.25. The van der Waals surface area contributed by atoms with Crippen LogP contribution in [0.2, 0.25) is 0 Å². The topological polar surface area (TPSA) is 92.9 Å². The maximum Gasteiger partial charge on any atom is 0.308 e. The molecule has 0 bridgehead atoms. The zero-order chi connectivity index (χ0) is 17.4. The van der Waals surface area contributed by atoms with Crippen LogP contribution in [-0.2, 0) is 9.53 Å². The molecule has 0 aliphatic carbocycles. The first-order chi connectivity index (χ1) is 12.1. The van der Waals surface area contributed by atoms with E-state index >= 15 is 0 Å². The smallest absolute Gasteiger partial charge is 0.308 e. The number of amides is 1. The minimum atomic E-state index is -0.874. The number of nitrogens with zero attached hydrogens (tertiary/aromatic N) is 2. The maximum absolute atomic E-state index is 13.0. The Balaban J connectivity index is 1.59. The van der Waals surface area contributed by atoms with Gasteiger partial charge in [-0.25, -0.2) is 0 Å². The van der Waals surface area contributed by atoms with Gasteiger partial charge in [0, 0.05) is 31.2 Å². The van der Waals surface area contributed by atoms with Gasteiger partial charge in [0.15, 0.2) is 11.5 Å². The number of carbonyl (C=O) groups is 2. The highest BCUT2D eigenvalue weighted by molar-refractivity contribution is 7.13. The van der Waals surface area contributed by atoms with Crippen LogP contribution in [0, 0.1) is 11.8 Å². The summed E-state index contributed by atoms with van der Waals surface area (Å²) in [5, 5.41) is 15.3. The fourth-order valence-electron chi connectivity index (χ4n) is 3.70. The Morgan fingerprint density at radius 3 is 3.04 bits per heavy atom. The number of ether oxygens (including phenoxy) is 1. The molecule has 2 aliphatic heterocycles. The summed E-state index contributed by atoms with van der Waals surface area (Å²) in [7, 11) is 0. The normalized spacial score (nSPS) is 26.2. The van der Waals surface area contributed by atoms with Gasteiger partial charge in [-0.3, -0.25) is 9.59 Å². The average Bonchev–Trinajstić information content (AvgIpc) is 3.31. The van der Waals surface area contributed by atoms with Crippen molar-refractivity contribution in [3.8, 4) is 10.6 Å². The lowest BCUT2D eigenvalue weighted by atomic mass is 9.81. The fourth-order valence-corrected chi connectivity index (χ4v) is 4.38. The molecule has 0 aromatic carbocycles. The minimum absolute atomic E-state index is 0.00117. The number of carbonyl (C=O) groups excluding carboxylic acids is 1. The lowest BCUT2D eigenvalue weighted by Crippen LogP contribution is -2.56. The lowest BCUT2D eigenvalue weighted by molar-refractivity contribution is -0.146. The number of hydrogen-bond acceptors (Lipinski definition) is 6. The van der Waals surface area contributed by atoms with Crippen molar-refractivity contribution < 1.29 is 24.0 Å². The van der Waals surface area contributed by atoms with E-state index < -0.39 is 11.9 Å². The van der Waals surface area contributed by atoms with E-state index in [1.807, 2.05) is 17.5 Å². The third-order valence-corrected chi connectivity index (χ3v) is 5.83. The Morgan fingerprint density at radius 1 is 1.40 bits per heavy atom. The predicted octanol–water partition coefficient (Wildman–Crippen LogP) is 2.35. The number of likely N-dealkylation sites (tertiary alicyclic amines) is 1. The summed E-state index contributed by atoms with van der Waals surface area (Å²) in [6, 6.07) is 5.43. The third kappa shape index (κ3) is 3.07. The van der Waals surface area contributed by atoms with Gasteiger partial charge in [0.05, 0.1) is 17.4 Å². The first kappa shape index (κ1) is 16.3. The van der Waals surface area contributed by atoms with Crippen LogP contribution in [0.1, 0.15) is 23.3 Å². The number of aromatic nitrogens is 1. The van der Waals surface area contributed by atoms with Gasteiger partial charge in [0.1, 0.15) is 0 Å². The first-order valence-corrected chi connectivity index (χ1v) is 9.13. The quantitative estimate of drug-likeness (QED) is 0.901. The van der Waals surface area contributed by atoms with Crippen molar-refractivity contribution in [3.05, 3.63) is 29.3 Å². The molecule has 0 spiro atoms. The molecule has 2 aromatic heterocycles. The molecule has 2 aliphatic rings. The zero-order valence-corrected chi connectivity index (χ0v) is 14.3. The molecule has 1 amide bonds. The SMILES string of the molecule is O=C(O)[C@@H]1C[C@@H]2COCC[C@H]2N(C(=O)c2cc(-c3cccs3)on2)C1. The molecule has 2 aromatic rings. The van der Waals surface area contributed by atoms with Crippen molar-refractivity contribution in [1.29, 1.82) is 0 Å². The Kier molecular flexibility index (Phi) is 4.30. The number of thiophene rings is 1. The van der Waals surface area contributed by atoms with E-state index in [9.17, 15) is 14.7 Å². The molecule has 4 rings (SSSR count). The van der Waals surface area contributed by atoms with Crippen molar-refractivity contribution in [2.24, 2.45) is 11.8 Å². The highest BCUT2D eigenvalue weighted by Crippen LogP contribution is 2.34. The van der Waals surface area contributed by atoms with E-state index in [2.05, 4.69) is 5.16 Å². The van der Waals surface area contributed by atoms with Crippen LogP contribution >= 0.6 is 11.3 Å². The number of carboxylic acid groups (broad SMARTS) is 1. The molecular formula is C17H18N2O5S. The van der Waals surface area contributed by atoms with Gasteiger partial charge in [-0.05, 0) is 24.3 Å². The zero-order valence-electron chi connectivity index (χ0n) is 13.5. The van der Waals surface area contributed by atoms with Crippen LogP contribution in [0.4, 0.5) is 0 Å². The summed E-state index contributed by atoms with van der Waals surface area (Å²) >= 11 is 1.51. The molecule has 132 valence electrons. The summed E-state index contributed by atoms with van der Waals surface area (Å²) in [4.78, 5) is 27.0. The molecule has 1 N–H and O–H groups in total. The molecule has 0 radical (unpaired) electrons. The summed E-state index contributed by atoms with van der Waals surface area (Å²) < 4.78 is 10.8. The number of rotatable bonds is 3. The third-order valence-electron chi connectivity index (χ3n) is 4.94. The van der Waals surface area contributed by atoms with Crippen molar-refractivity contribution in [1.82, 2.24) is 10.1 Å². The van der Waals surface area contributed by atoms with Gasteiger partial charge in [0.2, 0.25) is 0 Å². The second-order valence-corrected chi connectivity index (χ2v) is 7.42. The van der Waals surface area contributed by atoms with Crippen molar-refractivity contribution in [2.45, 2.75) is 18.9 Å². The van der Waals surface area contributed by atoms with Gasteiger partial charge in [-0.2, -0.15) is 0 Å². The Bertz CT molecular complexity index is 772. The Labute approximate surface area is 148 Å². The number of hydrogen-bond donors (Lipinski definition) is 1. The number of fused-ring (bicyclic) bond motifs is 1. The standard InChI is InChI=1S/C17H18N2O5S/c20-16(12-7-14(24-18-12)15-2-1-5-25-15)19-8-10(17(21)22)6-11-9-23-4-3-13(11)19/h1-2,5,7,10-11,13H,3-4,6,8-9H2,(H,21,22)/t10-,11-,13-/m1/s1. The van der Waals surface area contributed by atoms with Crippen LogP contribution in [0.15, 0.2) is 28.1 Å². The summed E-state index contributed by atoms with van der Waals surface area (Å²) in [6.07, 6.45) is 1.27. The van der Waals surface area contributed by atoms with Crippen LogP contribution in [-0.4, -0.2) is 52.8 Å². The molecule has 2 saturated heterocycles. The highest BCUT2D eigenvalue weighted by atomic mass is 32.1. The summed E-state index contributed by atoms with van der Waals surface area (Å²) in [5.41, 5.74) is 0.222. The highest BCUT2D eigenvalue weighted by Gasteiger charge is 2.43. The van der Waals surface area contributed by atoms with E-state index in [0.29, 0.717) is 25.4 Å². The molecule has 3 atom stereocenters. The fraction of sp³-hybridized carbons (Fsp3) is 0.471. The van der Waals surface area contributed by atoms with Gasteiger partial charge in [0.25, 0.3) is 5.91 Å². The van der Waals surface area contributed by atoms with Crippen molar-refractivity contribution >= 4 is 23.2 Å². The Morgan fingerprint density at radius 2 is 2.28 bits per heavy atom. The minimum Gasteiger partial charge on any atom is -0.481 e. The lowest BCUT2D eigenvalue weighted by Gasteiger charge is -2.45. The van der Waals surface area contributed by atoms with E-state index in [0.717, 1.165) is 11.3 Å². The van der Waals surface area contributed by atoms with Gasteiger partial charge in [-0.1, -0.05) is 11.2 Å². The van der Waals surface area contributed by atoms with Gasteiger partial charge < -0.3 is 19.3 Å². The van der Waals surface area contributed by atoms with Crippen LogP contribution in [0.3, 0.4) is 0 Å². The number of piperidine rings is 1. The van der Waals surface area contributed by atoms with E-state index in [-0.39, 0.29) is 30.1 Å². The number of carboxylic acids is 1. The molecule has 2 fully saturated rings. The van der Waals surface area contributed by atoms with Gasteiger partial charge >= 0.3 is 5.97 Å². The predicted molar refractivity (Wildman–Crippen MR) is 89.3 cm³/mol. The molecular weight excluding hydrogens is 344 g/mol. The van der Waals surface area contributed by atoms with Crippen LogP contribution in [0.25, 0.3) is 10.6 Å². The van der Waals surface area contributed by atoms with Crippen LogP contribution in [0.5, 0.6) is 0 Å². The van der Waals surface area contributed by atoms with Crippen LogP contribution < -0.4 is 0 Å². The molecule has 4 heterocycles. The monoisotopic (exact) mass is 362 g/mol. The molecule has 0 saturated carbocycles.